The molecule has 0 bridgehead atoms. The predicted molar refractivity (Wildman–Crippen MR) is 129 cm³/mol. The molecule has 0 N–H and O–H groups in total. The first-order chi connectivity index (χ1) is 15.3. The van der Waals surface area contributed by atoms with E-state index in [-0.39, 0.29) is 0 Å². The highest BCUT2D eigenvalue weighted by atomic mass is 35.5. The zero-order valence-corrected chi connectivity index (χ0v) is 17.5. The van der Waals surface area contributed by atoms with Crippen molar-refractivity contribution in [1.82, 2.24) is 9.97 Å². The molecule has 0 fully saturated rings. The van der Waals surface area contributed by atoms with Gasteiger partial charge in [0.15, 0.2) is 5.82 Å². The predicted octanol–water partition coefficient (Wildman–Crippen LogP) is 7.80. The van der Waals surface area contributed by atoms with Gasteiger partial charge in [0.05, 0.1) is 16.4 Å². The second-order valence-corrected chi connectivity index (χ2v) is 7.61. The van der Waals surface area contributed by atoms with Crippen molar-refractivity contribution in [3.05, 3.63) is 120 Å². The number of aromatic nitrogens is 2. The maximum Gasteiger partial charge on any atom is 0.160 e. The molecule has 0 radical (unpaired) electrons. The molecule has 1 heterocycles. The number of rotatable bonds is 4. The van der Waals surface area contributed by atoms with Crippen molar-refractivity contribution in [2.45, 2.75) is 0 Å². The van der Waals surface area contributed by atoms with E-state index in [0.717, 1.165) is 39.2 Å². The molecule has 0 saturated heterocycles. The van der Waals surface area contributed by atoms with Gasteiger partial charge in [-0.25, -0.2) is 9.97 Å². The molecule has 5 rings (SSSR count). The summed E-state index contributed by atoms with van der Waals surface area (Å²) in [6.07, 6.45) is 0. The zero-order chi connectivity index (χ0) is 21.0. The SMILES string of the molecule is Clc1c(-c2ccccc2)cccc1-c1cc(-c2ccccc2)nc(-c2ccccc2)n1. The van der Waals surface area contributed by atoms with Gasteiger partial charge in [0.2, 0.25) is 0 Å². The standard InChI is InChI=1S/C28H19ClN2/c29-27-23(20-11-4-1-5-12-20)17-10-18-24(27)26-19-25(21-13-6-2-7-14-21)30-28(31-26)22-15-8-3-9-16-22/h1-19H. The summed E-state index contributed by atoms with van der Waals surface area (Å²) in [6, 6.07) is 38.4. The Morgan fingerprint density at radius 1 is 0.452 bits per heavy atom. The first kappa shape index (κ1) is 19.2. The van der Waals surface area contributed by atoms with Crippen LogP contribution in [0.4, 0.5) is 0 Å². The van der Waals surface area contributed by atoms with E-state index < -0.39 is 0 Å². The molecule has 5 aromatic rings. The quantitative estimate of drug-likeness (QED) is 0.297. The number of hydrogen-bond acceptors (Lipinski definition) is 2. The van der Waals surface area contributed by atoms with Crippen molar-refractivity contribution >= 4 is 11.6 Å². The highest BCUT2D eigenvalue weighted by Gasteiger charge is 2.15. The molecule has 4 aromatic carbocycles. The molecule has 0 aliphatic carbocycles. The molecule has 0 amide bonds. The van der Waals surface area contributed by atoms with Crippen LogP contribution in [0.15, 0.2) is 115 Å². The van der Waals surface area contributed by atoms with Gasteiger partial charge in [-0.05, 0) is 11.6 Å². The Morgan fingerprint density at radius 2 is 0.968 bits per heavy atom. The normalized spacial score (nSPS) is 10.7. The lowest BCUT2D eigenvalue weighted by molar-refractivity contribution is 1.18. The van der Waals surface area contributed by atoms with Gasteiger partial charge in [-0.3, -0.25) is 0 Å². The van der Waals surface area contributed by atoms with Gasteiger partial charge in [0, 0.05) is 22.3 Å². The second kappa shape index (κ2) is 8.55. The van der Waals surface area contributed by atoms with Crippen LogP contribution in [0.25, 0.3) is 45.0 Å². The summed E-state index contributed by atoms with van der Waals surface area (Å²) in [5.74, 6) is 0.679. The van der Waals surface area contributed by atoms with E-state index in [0.29, 0.717) is 10.8 Å². The third-order valence-corrected chi connectivity index (χ3v) is 5.59. The van der Waals surface area contributed by atoms with Crippen LogP contribution >= 0.6 is 11.6 Å². The molecular formula is C28H19ClN2. The highest BCUT2D eigenvalue weighted by molar-refractivity contribution is 6.36. The maximum atomic E-state index is 6.91. The van der Waals surface area contributed by atoms with E-state index in [4.69, 9.17) is 21.6 Å². The number of benzene rings is 4. The van der Waals surface area contributed by atoms with E-state index in [2.05, 4.69) is 24.3 Å². The first-order valence-corrected chi connectivity index (χ1v) is 10.5. The van der Waals surface area contributed by atoms with Gasteiger partial charge in [0.25, 0.3) is 0 Å². The monoisotopic (exact) mass is 418 g/mol. The minimum Gasteiger partial charge on any atom is -0.228 e. The summed E-state index contributed by atoms with van der Waals surface area (Å²) in [4.78, 5) is 9.75. The summed E-state index contributed by atoms with van der Waals surface area (Å²) in [5.41, 5.74) is 6.63. The van der Waals surface area contributed by atoms with Gasteiger partial charge >= 0.3 is 0 Å². The summed E-state index contributed by atoms with van der Waals surface area (Å²) in [5, 5.41) is 0.686. The van der Waals surface area contributed by atoms with Crippen molar-refractivity contribution < 1.29 is 0 Å². The van der Waals surface area contributed by atoms with Crippen molar-refractivity contribution in [2.24, 2.45) is 0 Å². The topological polar surface area (TPSA) is 25.8 Å². The zero-order valence-electron chi connectivity index (χ0n) is 16.7. The largest absolute Gasteiger partial charge is 0.228 e. The third-order valence-electron chi connectivity index (χ3n) is 5.19. The molecule has 0 atom stereocenters. The molecule has 1 aromatic heterocycles. The fourth-order valence-electron chi connectivity index (χ4n) is 3.63. The van der Waals surface area contributed by atoms with Gasteiger partial charge < -0.3 is 0 Å². The first-order valence-electron chi connectivity index (χ1n) is 10.1. The maximum absolute atomic E-state index is 6.91. The lowest BCUT2D eigenvalue weighted by Gasteiger charge is -2.12. The Labute approximate surface area is 186 Å². The average molecular weight is 419 g/mol. The minimum atomic E-state index is 0.679. The second-order valence-electron chi connectivity index (χ2n) is 7.23. The van der Waals surface area contributed by atoms with Crippen LogP contribution in [-0.4, -0.2) is 9.97 Å². The highest BCUT2D eigenvalue weighted by Crippen LogP contribution is 2.37. The summed E-state index contributed by atoms with van der Waals surface area (Å²) in [6.45, 7) is 0. The third kappa shape index (κ3) is 3.98. The molecule has 2 nitrogen and oxygen atoms in total. The lowest BCUT2D eigenvalue weighted by Crippen LogP contribution is -1.96. The fraction of sp³-hybridized carbons (Fsp3) is 0. The Balaban J connectivity index is 1.71. The Bertz CT molecular complexity index is 1260. The van der Waals surface area contributed by atoms with Gasteiger partial charge in [0.1, 0.15) is 0 Å². The van der Waals surface area contributed by atoms with Crippen molar-refractivity contribution in [1.29, 1.82) is 0 Å². The molecule has 0 unspecified atom stereocenters. The number of halogens is 1. The van der Waals surface area contributed by atoms with Crippen molar-refractivity contribution in [2.75, 3.05) is 0 Å². The molecule has 31 heavy (non-hydrogen) atoms. The number of hydrogen-bond donors (Lipinski definition) is 0. The van der Waals surface area contributed by atoms with E-state index >= 15 is 0 Å². The summed E-state index contributed by atoms with van der Waals surface area (Å²) in [7, 11) is 0. The van der Waals surface area contributed by atoms with Crippen molar-refractivity contribution in [3.8, 4) is 45.0 Å². The van der Waals surface area contributed by atoms with E-state index in [1.165, 1.54) is 0 Å². The smallest absolute Gasteiger partial charge is 0.160 e. The average Bonchev–Trinajstić information content (AvgIpc) is 2.85. The Hall–Kier alpha value is -3.75. The van der Waals surface area contributed by atoms with E-state index in [1.807, 2.05) is 91.0 Å². The minimum absolute atomic E-state index is 0.679. The van der Waals surface area contributed by atoms with E-state index in [9.17, 15) is 0 Å². The summed E-state index contributed by atoms with van der Waals surface area (Å²) >= 11 is 6.91. The molecule has 148 valence electrons. The van der Waals surface area contributed by atoms with Crippen LogP contribution < -0.4 is 0 Å². The van der Waals surface area contributed by atoms with E-state index in [1.54, 1.807) is 0 Å². The van der Waals surface area contributed by atoms with Gasteiger partial charge in [-0.1, -0.05) is 121 Å². The van der Waals surface area contributed by atoms with Gasteiger partial charge in [-0.15, -0.1) is 0 Å². The Morgan fingerprint density at radius 3 is 1.61 bits per heavy atom. The Kier molecular flexibility index (Phi) is 5.30. The van der Waals surface area contributed by atoms with Crippen LogP contribution in [0, 0.1) is 0 Å². The van der Waals surface area contributed by atoms with Crippen LogP contribution in [0.2, 0.25) is 5.02 Å². The van der Waals surface area contributed by atoms with Crippen molar-refractivity contribution in [3.63, 3.8) is 0 Å². The molecule has 3 heteroatoms. The molecule has 0 aliphatic rings. The summed E-state index contributed by atoms with van der Waals surface area (Å²) < 4.78 is 0. The lowest BCUT2D eigenvalue weighted by atomic mass is 10.0. The fourth-order valence-corrected chi connectivity index (χ4v) is 3.96. The molecule has 0 saturated carbocycles. The van der Waals surface area contributed by atoms with Crippen LogP contribution in [0.3, 0.4) is 0 Å². The van der Waals surface area contributed by atoms with Crippen LogP contribution in [-0.2, 0) is 0 Å². The molecule has 0 spiro atoms. The van der Waals surface area contributed by atoms with Crippen LogP contribution in [0.1, 0.15) is 0 Å². The van der Waals surface area contributed by atoms with Crippen LogP contribution in [0.5, 0.6) is 0 Å². The molecule has 0 aliphatic heterocycles. The van der Waals surface area contributed by atoms with Gasteiger partial charge in [-0.2, -0.15) is 0 Å². The number of nitrogens with zero attached hydrogens (tertiary/aromatic N) is 2. The molecular weight excluding hydrogens is 400 g/mol.